The van der Waals surface area contributed by atoms with Gasteiger partial charge in [0, 0.05) is 6.42 Å². The van der Waals surface area contributed by atoms with Crippen molar-refractivity contribution in [2.45, 2.75) is 58.8 Å². The van der Waals surface area contributed by atoms with Crippen molar-refractivity contribution < 1.29 is 5.21 Å². The maximum absolute atomic E-state index is 8.43. The molecule has 17 heavy (non-hydrogen) atoms. The molecule has 0 heterocycles. The van der Waals surface area contributed by atoms with E-state index in [0.717, 1.165) is 19.4 Å². The Hall–Kier alpha value is -0.770. The Morgan fingerprint density at radius 3 is 2.00 bits per heavy atom. The van der Waals surface area contributed by atoms with Gasteiger partial charge in [-0.15, -0.1) is 0 Å². The summed E-state index contributed by atoms with van der Waals surface area (Å²) in [6.45, 7) is 8.02. The Morgan fingerprint density at radius 1 is 1.00 bits per heavy atom. The lowest BCUT2D eigenvalue weighted by Gasteiger charge is -2.21. The molecule has 0 aliphatic carbocycles. The van der Waals surface area contributed by atoms with E-state index in [1.165, 1.54) is 38.8 Å². The summed E-state index contributed by atoms with van der Waals surface area (Å²) in [6.07, 6.45) is 7.91. The van der Waals surface area contributed by atoms with Crippen LogP contribution in [0.25, 0.3) is 0 Å². The van der Waals surface area contributed by atoms with E-state index in [4.69, 9.17) is 10.9 Å². The second kappa shape index (κ2) is 11.7. The summed E-state index contributed by atoms with van der Waals surface area (Å²) in [5.74, 6) is 0.346. The Kier molecular flexibility index (Phi) is 11.2. The molecule has 0 spiro atoms. The quantitative estimate of drug-likeness (QED) is 0.193. The van der Waals surface area contributed by atoms with Crippen molar-refractivity contribution in [3.05, 3.63) is 0 Å². The number of amidine groups is 1. The predicted octanol–water partition coefficient (Wildman–Crippen LogP) is 2.81. The first-order chi connectivity index (χ1) is 8.24. The lowest BCUT2D eigenvalue weighted by molar-refractivity contribution is 0.260. The highest BCUT2D eigenvalue weighted by Gasteiger charge is 2.03. The largest absolute Gasteiger partial charge is 0.409 e. The molecule has 0 fully saturated rings. The van der Waals surface area contributed by atoms with Crippen molar-refractivity contribution in [3.8, 4) is 0 Å². The molecule has 0 aliphatic heterocycles. The van der Waals surface area contributed by atoms with Crippen molar-refractivity contribution in [1.29, 1.82) is 0 Å². The molecule has 102 valence electrons. The van der Waals surface area contributed by atoms with Crippen LogP contribution in [0.2, 0.25) is 0 Å². The van der Waals surface area contributed by atoms with Crippen LogP contribution in [0.3, 0.4) is 0 Å². The summed E-state index contributed by atoms with van der Waals surface area (Å²) in [4.78, 5) is 2.54. The number of nitrogens with zero attached hydrogens (tertiary/aromatic N) is 2. The first-order valence-corrected chi connectivity index (χ1v) is 6.93. The molecule has 0 aromatic heterocycles. The van der Waals surface area contributed by atoms with Crippen LogP contribution >= 0.6 is 0 Å². The van der Waals surface area contributed by atoms with Gasteiger partial charge in [0.1, 0.15) is 5.84 Å². The SMILES string of the molecule is CCCCN(CCCC)CCCCC(N)=NO. The number of unbranched alkanes of at least 4 members (excludes halogenated alkanes) is 3. The first kappa shape index (κ1) is 16.2. The van der Waals surface area contributed by atoms with E-state index in [0.29, 0.717) is 12.3 Å². The van der Waals surface area contributed by atoms with Gasteiger partial charge in [-0.2, -0.15) is 0 Å². The molecule has 0 bridgehead atoms. The lowest BCUT2D eigenvalue weighted by Crippen LogP contribution is -2.27. The summed E-state index contributed by atoms with van der Waals surface area (Å²) in [7, 11) is 0. The Morgan fingerprint density at radius 2 is 1.53 bits per heavy atom. The zero-order valence-corrected chi connectivity index (χ0v) is 11.5. The van der Waals surface area contributed by atoms with E-state index < -0.39 is 0 Å². The van der Waals surface area contributed by atoms with Crippen LogP contribution in [0.1, 0.15) is 58.8 Å². The lowest BCUT2D eigenvalue weighted by atomic mass is 10.2. The number of hydrogen-bond acceptors (Lipinski definition) is 3. The fourth-order valence-electron chi connectivity index (χ4n) is 1.79. The van der Waals surface area contributed by atoms with E-state index in [9.17, 15) is 0 Å². The molecule has 3 N–H and O–H groups in total. The fraction of sp³-hybridized carbons (Fsp3) is 0.923. The van der Waals surface area contributed by atoms with Crippen molar-refractivity contribution in [1.82, 2.24) is 4.90 Å². The van der Waals surface area contributed by atoms with Crippen LogP contribution in [-0.2, 0) is 0 Å². The Bertz CT molecular complexity index is 187. The average molecular weight is 243 g/mol. The maximum Gasteiger partial charge on any atom is 0.139 e. The second-order valence-electron chi connectivity index (χ2n) is 4.60. The molecule has 0 aromatic carbocycles. The molecule has 0 rings (SSSR count). The van der Waals surface area contributed by atoms with Crippen LogP contribution in [0.5, 0.6) is 0 Å². The molecule has 0 saturated carbocycles. The standard InChI is InChI=1S/C13H29N3O/c1-3-5-10-16(11-6-4-2)12-8-7-9-13(14)15-17/h17H,3-12H2,1-2H3,(H2,14,15). The summed E-state index contributed by atoms with van der Waals surface area (Å²) < 4.78 is 0. The fourth-order valence-corrected chi connectivity index (χ4v) is 1.79. The van der Waals surface area contributed by atoms with E-state index in [-0.39, 0.29) is 0 Å². The molecule has 0 atom stereocenters. The second-order valence-corrected chi connectivity index (χ2v) is 4.60. The average Bonchev–Trinajstić information content (AvgIpc) is 2.36. The highest BCUT2D eigenvalue weighted by molar-refractivity contribution is 5.79. The van der Waals surface area contributed by atoms with Gasteiger partial charge in [0.15, 0.2) is 0 Å². The Labute approximate surface area is 106 Å². The minimum atomic E-state index is 0.346. The predicted molar refractivity (Wildman–Crippen MR) is 73.5 cm³/mol. The van der Waals surface area contributed by atoms with Crippen molar-refractivity contribution in [2.75, 3.05) is 19.6 Å². The molecule has 0 amide bonds. The van der Waals surface area contributed by atoms with Crippen molar-refractivity contribution >= 4 is 5.84 Å². The minimum Gasteiger partial charge on any atom is -0.409 e. The minimum absolute atomic E-state index is 0.346. The van der Waals surface area contributed by atoms with Crippen LogP contribution < -0.4 is 5.73 Å². The van der Waals surface area contributed by atoms with Gasteiger partial charge in [-0.3, -0.25) is 0 Å². The molecule has 0 saturated heterocycles. The molecular weight excluding hydrogens is 214 g/mol. The van der Waals surface area contributed by atoms with Gasteiger partial charge in [0.2, 0.25) is 0 Å². The summed E-state index contributed by atoms with van der Waals surface area (Å²) in [6, 6.07) is 0. The van der Waals surface area contributed by atoms with E-state index in [1.54, 1.807) is 0 Å². The zero-order chi connectivity index (χ0) is 12.9. The summed E-state index contributed by atoms with van der Waals surface area (Å²) in [5.41, 5.74) is 5.44. The number of rotatable bonds is 11. The maximum atomic E-state index is 8.43. The molecule has 0 aromatic rings. The van der Waals surface area contributed by atoms with Crippen LogP contribution in [0.4, 0.5) is 0 Å². The number of nitrogens with two attached hydrogens (primary N) is 1. The van der Waals surface area contributed by atoms with Gasteiger partial charge < -0.3 is 15.8 Å². The van der Waals surface area contributed by atoms with E-state index in [1.807, 2.05) is 0 Å². The van der Waals surface area contributed by atoms with Crippen LogP contribution in [0.15, 0.2) is 5.16 Å². The van der Waals surface area contributed by atoms with E-state index >= 15 is 0 Å². The smallest absolute Gasteiger partial charge is 0.139 e. The highest BCUT2D eigenvalue weighted by Crippen LogP contribution is 2.03. The first-order valence-electron chi connectivity index (χ1n) is 6.93. The zero-order valence-electron chi connectivity index (χ0n) is 11.5. The van der Waals surface area contributed by atoms with Crippen molar-refractivity contribution in [2.24, 2.45) is 10.9 Å². The third-order valence-electron chi connectivity index (χ3n) is 2.94. The molecule has 4 nitrogen and oxygen atoms in total. The molecule has 0 radical (unpaired) electrons. The topological polar surface area (TPSA) is 61.8 Å². The summed E-state index contributed by atoms with van der Waals surface area (Å²) >= 11 is 0. The number of oxime groups is 1. The highest BCUT2D eigenvalue weighted by atomic mass is 16.4. The van der Waals surface area contributed by atoms with Gasteiger partial charge >= 0.3 is 0 Å². The molecule has 0 aliphatic rings. The Balaban J connectivity index is 3.66. The van der Waals surface area contributed by atoms with E-state index in [2.05, 4.69) is 23.9 Å². The molecular formula is C13H29N3O. The molecule has 0 unspecified atom stereocenters. The van der Waals surface area contributed by atoms with Gasteiger partial charge in [-0.25, -0.2) is 0 Å². The number of hydrogen-bond donors (Lipinski definition) is 2. The normalized spacial score (nSPS) is 12.3. The van der Waals surface area contributed by atoms with Gasteiger partial charge in [0.25, 0.3) is 0 Å². The van der Waals surface area contributed by atoms with Gasteiger partial charge in [-0.05, 0) is 45.3 Å². The third kappa shape index (κ3) is 10.1. The van der Waals surface area contributed by atoms with Gasteiger partial charge in [-0.1, -0.05) is 31.8 Å². The van der Waals surface area contributed by atoms with Gasteiger partial charge in [0.05, 0.1) is 0 Å². The van der Waals surface area contributed by atoms with Crippen LogP contribution in [0, 0.1) is 0 Å². The molecule has 4 heteroatoms. The van der Waals surface area contributed by atoms with Crippen LogP contribution in [-0.4, -0.2) is 35.6 Å². The summed E-state index contributed by atoms with van der Waals surface area (Å²) in [5, 5.41) is 11.4. The monoisotopic (exact) mass is 243 g/mol. The third-order valence-corrected chi connectivity index (χ3v) is 2.94. The van der Waals surface area contributed by atoms with Crippen molar-refractivity contribution in [3.63, 3.8) is 0 Å².